The van der Waals surface area contributed by atoms with Crippen molar-refractivity contribution < 1.29 is 4.79 Å². The van der Waals surface area contributed by atoms with Crippen LogP contribution in [0.2, 0.25) is 0 Å². The lowest BCUT2D eigenvalue weighted by atomic mass is 9.94. The van der Waals surface area contributed by atoms with Gasteiger partial charge in [0, 0.05) is 6.04 Å². The highest BCUT2D eigenvalue weighted by molar-refractivity contribution is 5.79. The second-order valence-corrected chi connectivity index (χ2v) is 5.11. The molecule has 0 spiro atoms. The minimum absolute atomic E-state index is 0.151. The predicted molar refractivity (Wildman–Crippen MR) is 75.2 cm³/mol. The Morgan fingerprint density at radius 2 is 1.78 bits per heavy atom. The number of hydrogen-bond acceptors (Lipinski definition) is 2. The quantitative estimate of drug-likeness (QED) is 0.812. The molecule has 0 aliphatic carbocycles. The highest BCUT2D eigenvalue weighted by Gasteiger charge is 2.20. The molecule has 0 fully saturated rings. The molecule has 0 aromatic heterocycles. The number of primary amides is 1. The van der Waals surface area contributed by atoms with Crippen molar-refractivity contribution in [2.45, 2.75) is 46.2 Å². The van der Waals surface area contributed by atoms with Gasteiger partial charge in [-0.1, -0.05) is 45.0 Å². The number of amides is 1. The summed E-state index contributed by atoms with van der Waals surface area (Å²) in [5.74, 6) is 0.0881. The van der Waals surface area contributed by atoms with Gasteiger partial charge < -0.3 is 5.73 Å². The summed E-state index contributed by atoms with van der Waals surface area (Å²) in [7, 11) is 0. The Kier molecular flexibility index (Phi) is 5.35. The standard InChI is InChI=1S/C15H24N2O/c1-5-12-6-8-13(9-7-12)14(10(2)3)17-11(4)15(16)18/h6-11,14,17H,5H2,1-4H3,(H2,16,18)/t11-,14+/m1/s1. The monoisotopic (exact) mass is 248 g/mol. The molecule has 1 aromatic carbocycles. The summed E-state index contributed by atoms with van der Waals surface area (Å²) in [5, 5.41) is 3.30. The fourth-order valence-corrected chi connectivity index (χ4v) is 1.99. The molecule has 0 radical (unpaired) electrons. The van der Waals surface area contributed by atoms with Crippen molar-refractivity contribution in [3.63, 3.8) is 0 Å². The lowest BCUT2D eigenvalue weighted by molar-refractivity contribution is -0.119. The molecule has 18 heavy (non-hydrogen) atoms. The molecule has 3 heteroatoms. The van der Waals surface area contributed by atoms with E-state index in [0.29, 0.717) is 5.92 Å². The topological polar surface area (TPSA) is 55.1 Å². The van der Waals surface area contributed by atoms with Crippen molar-refractivity contribution in [1.29, 1.82) is 0 Å². The molecule has 0 bridgehead atoms. The van der Waals surface area contributed by atoms with E-state index in [1.807, 2.05) is 0 Å². The first-order valence-electron chi connectivity index (χ1n) is 6.59. The van der Waals surface area contributed by atoms with Gasteiger partial charge in [0.2, 0.25) is 5.91 Å². The third kappa shape index (κ3) is 3.84. The van der Waals surface area contributed by atoms with Crippen LogP contribution in [0.1, 0.15) is 44.9 Å². The maximum absolute atomic E-state index is 11.1. The zero-order valence-electron chi connectivity index (χ0n) is 11.7. The fourth-order valence-electron chi connectivity index (χ4n) is 1.99. The maximum Gasteiger partial charge on any atom is 0.234 e. The fraction of sp³-hybridized carbons (Fsp3) is 0.533. The lowest BCUT2D eigenvalue weighted by Crippen LogP contribution is -2.42. The van der Waals surface area contributed by atoms with Gasteiger partial charge in [0.25, 0.3) is 0 Å². The molecular formula is C15H24N2O. The van der Waals surface area contributed by atoms with E-state index in [1.54, 1.807) is 6.92 Å². The minimum Gasteiger partial charge on any atom is -0.368 e. The van der Waals surface area contributed by atoms with Crippen LogP contribution in [-0.2, 0) is 11.2 Å². The second kappa shape index (κ2) is 6.55. The third-order valence-corrected chi connectivity index (χ3v) is 3.27. The van der Waals surface area contributed by atoms with E-state index in [2.05, 4.69) is 50.4 Å². The molecule has 1 rings (SSSR count). The molecule has 0 heterocycles. The zero-order chi connectivity index (χ0) is 13.7. The van der Waals surface area contributed by atoms with Gasteiger partial charge in [-0.2, -0.15) is 0 Å². The molecular weight excluding hydrogens is 224 g/mol. The van der Waals surface area contributed by atoms with E-state index in [9.17, 15) is 4.79 Å². The largest absolute Gasteiger partial charge is 0.368 e. The van der Waals surface area contributed by atoms with Crippen LogP contribution in [0.5, 0.6) is 0 Å². The number of aryl methyl sites for hydroxylation is 1. The van der Waals surface area contributed by atoms with Crippen molar-refractivity contribution in [1.82, 2.24) is 5.32 Å². The molecule has 0 aliphatic heterocycles. The minimum atomic E-state index is -0.316. The summed E-state index contributed by atoms with van der Waals surface area (Å²) in [6.07, 6.45) is 1.04. The Bertz CT molecular complexity index is 384. The number of carbonyl (C=O) groups is 1. The number of benzene rings is 1. The van der Waals surface area contributed by atoms with Gasteiger partial charge >= 0.3 is 0 Å². The van der Waals surface area contributed by atoms with E-state index < -0.39 is 0 Å². The van der Waals surface area contributed by atoms with Crippen molar-refractivity contribution in [3.8, 4) is 0 Å². The highest BCUT2D eigenvalue weighted by atomic mass is 16.1. The third-order valence-electron chi connectivity index (χ3n) is 3.27. The van der Waals surface area contributed by atoms with Gasteiger partial charge in [-0.25, -0.2) is 0 Å². The lowest BCUT2D eigenvalue weighted by Gasteiger charge is -2.25. The first-order valence-corrected chi connectivity index (χ1v) is 6.59. The first kappa shape index (κ1) is 14.7. The molecule has 0 unspecified atom stereocenters. The van der Waals surface area contributed by atoms with Crippen LogP contribution in [0.4, 0.5) is 0 Å². The number of nitrogens with two attached hydrogens (primary N) is 1. The summed E-state index contributed by atoms with van der Waals surface area (Å²) < 4.78 is 0. The Hall–Kier alpha value is -1.35. The average Bonchev–Trinajstić information content (AvgIpc) is 2.35. The van der Waals surface area contributed by atoms with Crippen molar-refractivity contribution >= 4 is 5.91 Å². The summed E-state index contributed by atoms with van der Waals surface area (Å²) in [4.78, 5) is 11.1. The SMILES string of the molecule is CCc1ccc([C@@H](N[C@H](C)C(N)=O)C(C)C)cc1. The summed E-state index contributed by atoms with van der Waals surface area (Å²) in [6.45, 7) is 8.22. The van der Waals surface area contributed by atoms with E-state index in [0.717, 1.165) is 6.42 Å². The molecule has 0 saturated carbocycles. The molecule has 1 amide bonds. The normalized spacial score (nSPS) is 14.5. The van der Waals surface area contributed by atoms with Crippen molar-refractivity contribution in [2.24, 2.45) is 11.7 Å². The molecule has 3 N–H and O–H groups in total. The van der Waals surface area contributed by atoms with Crippen LogP contribution in [0.15, 0.2) is 24.3 Å². The van der Waals surface area contributed by atoms with Gasteiger partial charge in [0.1, 0.15) is 0 Å². The van der Waals surface area contributed by atoms with Gasteiger partial charge in [-0.05, 0) is 30.4 Å². The molecule has 1 aromatic rings. The van der Waals surface area contributed by atoms with Crippen LogP contribution in [-0.4, -0.2) is 11.9 Å². The van der Waals surface area contributed by atoms with Gasteiger partial charge in [-0.15, -0.1) is 0 Å². The van der Waals surface area contributed by atoms with E-state index >= 15 is 0 Å². The maximum atomic E-state index is 11.1. The number of carbonyl (C=O) groups excluding carboxylic acids is 1. The van der Waals surface area contributed by atoms with Crippen molar-refractivity contribution in [3.05, 3.63) is 35.4 Å². The number of nitrogens with one attached hydrogen (secondary N) is 1. The van der Waals surface area contributed by atoms with Crippen LogP contribution < -0.4 is 11.1 Å². The van der Waals surface area contributed by atoms with Crippen LogP contribution in [0, 0.1) is 5.92 Å². The second-order valence-electron chi connectivity index (χ2n) is 5.11. The number of rotatable bonds is 6. The molecule has 3 nitrogen and oxygen atoms in total. The highest BCUT2D eigenvalue weighted by Crippen LogP contribution is 2.22. The zero-order valence-corrected chi connectivity index (χ0v) is 11.7. The van der Waals surface area contributed by atoms with E-state index in [-0.39, 0.29) is 18.0 Å². The Morgan fingerprint density at radius 1 is 1.22 bits per heavy atom. The average molecular weight is 248 g/mol. The predicted octanol–water partition coefficient (Wildman–Crippen LogP) is 2.41. The van der Waals surface area contributed by atoms with Crippen LogP contribution in [0.25, 0.3) is 0 Å². The molecule has 0 saturated heterocycles. The van der Waals surface area contributed by atoms with Crippen LogP contribution in [0.3, 0.4) is 0 Å². The van der Waals surface area contributed by atoms with Gasteiger partial charge in [0.05, 0.1) is 6.04 Å². The molecule has 100 valence electrons. The van der Waals surface area contributed by atoms with E-state index in [4.69, 9.17) is 5.73 Å². The summed E-state index contributed by atoms with van der Waals surface area (Å²) in [6, 6.07) is 8.37. The Balaban J connectivity index is 2.86. The first-order chi connectivity index (χ1) is 8.45. The molecule has 2 atom stereocenters. The smallest absolute Gasteiger partial charge is 0.234 e. The van der Waals surface area contributed by atoms with Gasteiger partial charge in [0.15, 0.2) is 0 Å². The van der Waals surface area contributed by atoms with Gasteiger partial charge in [-0.3, -0.25) is 10.1 Å². The molecule has 0 aliphatic rings. The number of hydrogen-bond donors (Lipinski definition) is 2. The van der Waals surface area contributed by atoms with E-state index in [1.165, 1.54) is 11.1 Å². The van der Waals surface area contributed by atoms with Crippen LogP contribution >= 0.6 is 0 Å². The Labute approximate surface area is 110 Å². The summed E-state index contributed by atoms with van der Waals surface area (Å²) in [5.41, 5.74) is 7.83. The Morgan fingerprint density at radius 3 is 2.17 bits per heavy atom. The van der Waals surface area contributed by atoms with Crippen molar-refractivity contribution in [2.75, 3.05) is 0 Å². The summed E-state index contributed by atoms with van der Waals surface area (Å²) >= 11 is 0.